The lowest BCUT2D eigenvalue weighted by Gasteiger charge is -2.43. The number of hydrogen-bond acceptors (Lipinski definition) is 3. The molecular formula is C14H18O3. The Morgan fingerprint density at radius 3 is 1.71 bits per heavy atom. The molecule has 0 radical (unpaired) electrons. The van der Waals surface area contributed by atoms with Crippen molar-refractivity contribution in [2.75, 3.05) is 0 Å². The molecule has 4 unspecified atom stereocenters. The molecule has 92 valence electrons. The molecular weight excluding hydrogens is 216 g/mol. The van der Waals surface area contributed by atoms with Crippen LogP contribution in [0.4, 0.5) is 0 Å². The molecule has 3 heteroatoms. The standard InChI is InChI=1S/C14H18O3/c15-10-5-1-3-8-7-9-4-2-6-11(16)13(9)14(17)12(8)10/h8-9,12-13H,1-7H2. The minimum Gasteiger partial charge on any atom is -0.299 e. The van der Waals surface area contributed by atoms with Gasteiger partial charge in [-0.15, -0.1) is 0 Å². The van der Waals surface area contributed by atoms with E-state index in [-0.39, 0.29) is 29.2 Å². The molecule has 0 amide bonds. The first kappa shape index (κ1) is 11.1. The largest absolute Gasteiger partial charge is 0.299 e. The molecule has 0 bridgehead atoms. The molecule has 3 fully saturated rings. The predicted molar refractivity (Wildman–Crippen MR) is 61.3 cm³/mol. The zero-order valence-corrected chi connectivity index (χ0v) is 9.98. The first-order valence-electron chi connectivity index (χ1n) is 6.77. The van der Waals surface area contributed by atoms with Gasteiger partial charge in [0.15, 0.2) is 5.78 Å². The maximum absolute atomic E-state index is 12.4. The fourth-order valence-corrected chi connectivity index (χ4v) is 4.12. The van der Waals surface area contributed by atoms with Gasteiger partial charge in [-0.25, -0.2) is 0 Å². The fraction of sp³-hybridized carbons (Fsp3) is 0.786. The van der Waals surface area contributed by atoms with Crippen LogP contribution in [0, 0.1) is 23.7 Å². The van der Waals surface area contributed by atoms with Crippen molar-refractivity contribution in [2.24, 2.45) is 23.7 Å². The normalized spacial score (nSPS) is 42.0. The van der Waals surface area contributed by atoms with E-state index >= 15 is 0 Å². The summed E-state index contributed by atoms with van der Waals surface area (Å²) in [6.45, 7) is 0. The van der Waals surface area contributed by atoms with Crippen LogP contribution >= 0.6 is 0 Å². The second-order valence-corrected chi connectivity index (χ2v) is 5.83. The van der Waals surface area contributed by atoms with Crippen LogP contribution in [0.3, 0.4) is 0 Å². The lowest BCUT2D eigenvalue weighted by molar-refractivity contribution is -0.150. The second kappa shape index (κ2) is 4.04. The number of hydrogen-bond donors (Lipinski definition) is 0. The number of carbonyl (C=O) groups excluding carboxylic acids is 3. The van der Waals surface area contributed by atoms with Crippen molar-refractivity contribution >= 4 is 17.3 Å². The minimum absolute atomic E-state index is 0.0272. The third-order valence-electron chi connectivity index (χ3n) is 4.85. The summed E-state index contributed by atoms with van der Waals surface area (Å²) in [7, 11) is 0. The zero-order chi connectivity index (χ0) is 12.0. The molecule has 0 aromatic heterocycles. The van der Waals surface area contributed by atoms with Crippen LogP contribution in [0.1, 0.15) is 44.9 Å². The zero-order valence-electron chi connectivity index (χ0n) is 9.98. The van der Waals surface area contributed by atoms with Crippen molar-refractivity contribution in [3.05, 3.63) is 0 Å². The highest BCUT2D eigenvalue weighted by molar-refractivity contribution is 6.13. The highest BCUT2D eigenvalue weighted by Gasteiger charge is 2.50. The Balaban J connectivity index is 1.90. The van der Waals surface area contributed by atoms with Crippen LogP contribution in [-0.2, 0) is 14.4 Å². The van der Waals surface area contributed by atoms with Crippen molar-refractivity contribution in [3.63, 3.8) is 0 Å². The molecule has 0 aliphatic heterocycles. The average Bonchev–Trinajstić information content (AvgIpc) is 2.28. The van der Waals surface area contributed by atoms with Crippen molar-refractivity contribution in [1.29, 1.82) is 0 Å². The van der Waals surface area contributed by atoms with E-state index in [1.807, 2.05) is 0 Å². The molecule has 0 heterocycles. The maximum atomic E-state index is 12.4. The summed E-state index contributed by atoms with van der Waals surface area (Å²) >= 11 is 0. The van der Waals surface area contributed by atoms with Crippen molar-refractivity contribution in [3.8, 4) is 0 Å². The van der Waals surface area contributed by atoms with Crippen LogP contribution in [0.2, 0.25) is 0 Å². The van der Waals surface area contributed by atoms with E-state index in [0.717, 1.165) is 32.1 Å². The Hall–Kier alpha value is -0.990. The van der Waals surface area contributed by atoms with E-state index in [1.165, 1.54) is 0 Å². The summed E-state index contributed by atoms with van der Waals surface area (Å²) in [5, 5.41) is 0. The first-order valence-corrected chi connectivity index (χ1v) is 6.77. The van der Waals surface area contributed by atoms with Gasteiger partial charge in [-0.3, -0.25) is 14.4 Å². The van der Waals surface area contributed by atoms with Crippen LogP contribution < -0.4 is 0 Å². The quantitative estimate of drug-likeness (QED) is 0.602. The summed E-state index contributed by atoms with van der Waals surface area (Å²) in [6, 6.07) is 0. The van der Waals surface area contributed by atoms with Gasteiger partial charge in [0, 0.05) is 12.8 Å². The van der Waals surface area contributed by atoms with E-state index in [1.54, 1.807) is 0 Å². The van der Waals surface area contributed by atoms with E-state index < -0.39 is 11.8 Å². The summed E-state index contributed by atoms with van der Waals surface area (Å²) < 4.78 is 0. The second-order valence-electron chi connectivity index (χ2n) is 5.83. The molecule has 17 heavy (non-hydrogen) atoms. The fourth-order valence-electron chi connectivity index (χ4n) is 4.12. The molecule has 0 N–H and O–H groups in total. The van der Waals surface area contributed by atoms with Gasteiger partial charge in [-0.2, -0.15) is 0 Å². The molecule has 3 saturated carbocycles. The van der Waals surface area contributed by atoms with Gasteiger partial charge in [-0.1, -0.05) is 0 Å². The van der Waals surface area contributed by atoms with Gasteiger partial charge in [0.2, 0.25) is 0 Å². The van der Waals surface area contributed by atoms with Crippen molar-refractivity contribution in [2.45, 2.75) is 44.9 Å². The van der Waals surface area contributed by atoms with Crippen LogP contribution in [0.15, 0.2) is 0 Å². The average molecular weight is 234 g/mol. The number of rotatable bonds is 0. The summed E-state index contributed by atoms with van der Waals surface area (Å²) in [6.07, 6.45) is 5.87. The third-order valence-corrected chi connectivity index (χ3v) is 4.85. The topological polar surface area (TPSA) is 51.2 Å². The number of carbonyl (C=O) groups is 3. The van der Waals surface area contributed by atoms with Crippen molar-refractivity contribution < 1.29 is 14.4 Å². The number of ketones is 3. The highest BCUT2D eigenvalue weighted by atomic mass is 16.2. The monoisotopic (exact) mass is 234 g/mol. The van der Waals surface area contributed by atoms with Gasteiger partial charge in [-0.05, 0) is 43.9 Å². The summed E-state index contributed by atoms with van der Waals surface area (Å²) in [5.41, 5.74) is 0. The number of Topliss-reactive ketones (excluding diaryl/α,β-unsaturated/α-hetero) is 3. The minimum atomic E-state index is -0.424. The molecule has 0 saturated heterocycles. The lowest BCUT2D eigenvalue weighted by Crippen LogP contribution is -2.50. The Kier molecular flexibility index (Phi) is 2.64. The third kappa shape index (κ3) is 1.67. The molecule has 3 aliphatic carbocycles. The highest BCUT2D eigenvalue weighted by Crippen LogP contribution is 2.45. The first-order chi connectivity index (χ1) is 8.18. The molecule has 0 spiro atoms. The van der Waals surface area contributed by atoms with E-state index in [9.17, 15) is 14.4 Å². The Morgan fingerprint density at radius 2 is 1.24 bits per heavy atom. The smallest absolute Gasteiger partial charge is 0.154 e. The lowest BCUT2D eigenvalue weighted by atomic mass is 9.58. The molecule has 0 aromatic rings. The van der Waals surface area contributed by atoms with E-state index in [2.05, 4.69) is 0 Å². The molecule has 0 aromatic carbocycles. The van der Waals surface area contributed by atoms with Crippen LogP contribution in [-0.4, -0.2) is 17.3 Å². The molecule has 3 nitrogen and oxygen atoms in total. The predicted octanol–water partition coefficient (Wildman–Crippen LogP) is 1.93. The summed E-state index contributed by atoms with van der Waals surface area (Å²) in [5.74, 6) is -0.183. The molecule has 4 atom stereocenters. The van der Waals surface area contributed by atoms with E-state index in [0.29, 0.717) is 12.8 Å². The molecule has 3 rings (SSSR count). The Bertz CT molecular complexity index is 351. The Morgan fingerprint density at radius 1 is 0.765 bits per heavy atom. The van der Waals surface area contributed by atoms with Crippen molar-refractivity contribution in [1.82, 2.24) is 0 Å². The van der Waals surface area contributed by atoms with E-state index in [4.69, 9.17) is 0 Å². The van der Waals surface area contributed by atoms with Gasteiger partial charge in [0.05, 0.1) is 11.8 Å². The summed E-state index contributed by atoms with van der Waals surface area (Å²) in [4.78, 5) is 36.1. The van der Waals surface area contributed by atoms with Gasteiger partial charge in [0.25, 0.3) is 0 Å². The maximum Gasteiger partial charge on any atom is 0.154 e. The van der Waals surface area contributed by atoms with Gasteiger partial charge >= 0.3 is 0 Å². The SMILES string of the molecule is O=C1CCCC2CC3CCCC(=O)C3C(=O)C12. The molecule has 3 aliphatic rings. The van der Waals surface area contributed by atoms with Gasteiger partial charge < -0.3 is 0 Å². The Labute approximate surface area is 101 Å². The van der Waals surface area contributed by atoms with Crippen LogP contribution in [0.25, 0.3) is 0 Å². The van der Waals surface area contributed by atoms with Gasteiger partial charge in [0.1, 0.15) is 11.6 Å². The van der Waals surface area contributed by atoms with Crippen LogP contribution in [0.5, 0.6) is 0 Å². The number of fused-ring (bicyclic) bond motifs is 2.